The number of aliphatic hydroxyl groups is 1. The predicted molar refractivity (Wildman–Crippen MR) is 75.0 cm³/mol. The highest BCUT2D eigenvalue weighted by molar-refractivity contribution is 6.06. The van der Waals surface area contributed by atoms with Crippen LogP contribution in [0.2, 0.25) is 0 Å². The number of ether oxygens (including phenoxy) is 1. The number of benzene rings is 2. The number of phenolic OH excluding ortho intramolecular Hbond substituents is 1. The Bertz CT molecular complexity index is 608. The van der Waals surface area contributed by atoms with E-state index in [1.165, 1.54) is 19.2 Å². The fourth-order valence-electron chi connectivity index (χ4n) is 1.72. The second-order valence-corrected chi connectivity index (χ2v) is 4.19. The molecule has 5 nitrogen and oxygen atoms in total. The molecule has 2 aromatic carbocycles. The lowest BCUT2D eigenvalue weighted by Crippen LogP contribution is -2.12. The number of aromatic hydroxyl groups is 1. The van der Waals surface area contributed by atoms with Crippen LogP contribution in [-0.2, 0) is 6.61 Å². The molecule has 104 valence electrons. The molecule has 0 atom stereocenters. The third-order valence-corrected chi connectivity index (χ3v) is 2.84. The van der Waals surface area contributed by atoms with Gasteiger partial charge in [-0.15, -0.1) is 0 Å². The zero-order valence-corrected chi connectivity index (χ0v) is 11.0. The summed E-state index contributed by atoms with van der Waals surface area (Å²) in [5, 5.41) is 21.4. The van der Waals surface area contributed by atoms with Gasteiger partial charge in [0, 0.05) is 11.8 Å². The lowest BCUT2D eigenvalue weighted by atomic mass is 10.1. The van der Waals surface area contributed by atoms with E-state index in [0.29, 0.717) is 11.4 Å². The van der Waals surface area contributed by atoms with Crippen LogP contribution in [0.25, 0.3) is 0 Å². The van der Waals surface area contributed by atoms with Gasteiger partial charge in [0.15, 0.2) is 0 Å². The van der Waals surface area contributed by atoms with E-state index in [4.69, 9.17) is 9.84 Å². The third-order valence-electron chi connectivity index (χ3n) is 2.84. The van der Waals surface area contributed by atoms with Crippen molar-refractivity contribution in [1.29, 1.82) is 0 Å². The Labute approximate surface area is 116 Å². The van der Waals surface area contributed by atoms with Gasteiger partial charge in [-0.2, -0.15) is 0 Å². The molecule has 0 spiro atoms. The van der Waals surface area contributed by atoms with Gasteiger partial charge in [0.1, 0.15) is 11.5 Å². The van der Waals surface area contributed by atoms with E-state index in [1.807, 2.05) is 0 Å². The van der Waals surface area contributed by atoms with Crippen molar-refractivity contribution in [2.75, 3.05) is 12.4 Å². The van der Waals surface area contributed by atoms with E-state index in [9.17, 15) is 9.90 Å². The van der Waals surface area contributed by atoms with Crippen molar-refractivity contribution in [2.24, 2.45) is 0 Å². The van der Waals surface area contributed by atoms with Gasteiger partial charge in [0.25, 0.3) is 5.91 Å². The topological polar surface area (TPSA) is 78.8 Å². The Morgan fingerprint density at radius 3 is 2.45 bits per heavy atom. The molecule has 0 bridgehead atoms. The van der Waals surface area contributed by atoms with Gasteiger partial charge >= 0.3 is 0 Å². The Morgan fingerprint density at radius 1 is 1.20 bits per heavy atom. The molecule has 20 heavy (non-hydrogen) atoms. The van der Waals surface area contributed by atoms with Gasteiger partial charge in [0.05, 0.1) is 19.3 Å². The maximum Gasteiger partial charge on any atom is 0.259 e. The first-order chi connectivity index (χ1) is 9.63. The number of nitrogens with one attached hydrogen (secondary N) is 1. The maximum absolute atomic E-state index is 12.0. The fraction of sp³-hybridized carbons (Fsp3) is 0.133. The van der Waals surface area contributed by atoms with Crippen molar-refractivity contribution < 1.29 is 19.7 Å². The quantitative estimate of drug-likeness (QED) is 0.797. The van der Waals surface area contributed by atoms with E-state index in [0.717, 1.165) is 5.56 Å². The summed E-state index contributed by atoms with van der Waals surface area (Å²) in [5.74, 6) is -0.0814. The summed E-state index contributed by atoms with van der Waals surface area (Å²) in [7, 11) is 1.48. The normalized spacial score (nSPS) is 10.1. The maximum atomic E-state index is 12.0. The largest absolute Gasteiger partial charge is 0.507 e. The van der Waals surface area contributed by atoms with Crippen LogP contribution in [0, 0.1) is 0 Å². The van der Waals surface area contributed by atoms with Crippen LogP contribution < -0.4 is 10.1 Å². The van der Waals surface area contributed by atoms with E-state index < -0.39 is 5.91 Å². The molecule has 0 aliphatic heterocycles. The molecule has 3 N–H and O–H groups in total. The molecule has 0 saturated heterocycles. The highest BCUT2D eigenvalue weighted by Gasteiger charge is 2.12. The smallest absolute Gasteiger partial charge is 0.259 e. The van der Waals surface area contributed by atoms with Gasteiger partial charge in [0.2, 0.25) is 0 Å². The fourth-order valence-corrected chi connectivity index (χ4v) is 1.72. The average Bonchev–Trinajstić information content (AvgIpc) is 2.47. The first-order valence-electron chi connectivity index (χ1n) is 6.02. The highest BCUT2D eigenvalue weighted by atomic mass is 16.5. The first-order valence-corrected chi connectivity index (χ1v) is 6.02. The van der Waals surface area contributed by atoms with E-state index in [-0.39, 0.29) is 17.9 Å². The number of methoxy groups -OCH3 is 1. The standard InChI is InChI=1S/C15H15NO4/c1-20-12-6-7-13(14(18)8-12)15(19)16-11-4-2-10(9-17)3-5-11/h2-8,17-18H,9H2,1H3,(H,16,19). The number of amides is 1. The molecule has 1 amide bonds. The van der Waals surface area contributed by atoms with Gasteiger partial charge < -0.3 is 20.3 Å². The molecule has 2 aromatic rings. The number of anilines is 1. The minimum absolute atomic E-state index is 0.0481. The van der Waals surface area contributed by atoms with E-state index in [1.54, 1.807) is 30.3 Å². The van der Waals surface area contributed by atoms with Gasteiger partial charge in [-0.3, -0.25) is 4.79 Å². The molecule has 0 heterocycles. The van der Waals surface area contributed by atoms with Crippen molar-refractivity contribution in [3.63, 3.8) is 0 Å². The molecule has 0 saturated carbocycles. The lowest BCUT2D eigenvalue weighted by molar-refractivity contribution is 0.102. The summed E-state index contributed by atoms with van der Waals surface area (Å²) < 4.78 is 4.96. The first kappa shape index (κ1) is 13.9. The van der Waals surface area contributed by atoms with Crippen LogP contribution in [0.1, 0.15) is 15.9 Å². The van der Waals surface area contributed by atoms with Crippen molar-refractivity contribution in [3.8, 4) is 11.5 Å². The second-order valence-electron chi connectivity index (χ2n) is 4.19. The SMILES string of the molecule is COc1ccc(C(=O)Nc2ccc(CO)cc2)c(O)c1. The Balaban J connectivity index is 2.14. The molecule has 0 aromatic heterocycles. The van der Waals surface area contributed by atoms with Gasteiger partial charge in [-0.1, -0.05) is 12.1 Å². The summed E-state index contributed by atoms with van der Waals surface area (Å²) in [4.78, 5) is 12.0. The monoisotopic (exact) mass is 273 g/mol. The average molecular weight is 273 g/mol. The number of carbonyl (C=O) groups excluding carboxylic acids is 1. The third kappa shape index (κ3) is 3.07. The van der Waals surface area contributed by atoms with Crippen LogP contribution in [0.5, 0.6) is 11.5 Å². The van der Waals surface area contributed by atoms with Gasteiger partial charge in [-0.05, 0) is 29.8 Å². The van der Waals surface area contributed by atoms with E-state index >= 15 is 0 Å². The van der Waals surface area contributed by atoms with Crippen LogP contribution in [0.4, 0.5) is 5.69 Å². The number of aliphatic hydroxyl groups excluding tert-OH is 1. The molecule has 0 aliphatic rings. The van der Waals surface area contributed by atoms with Crippen molar-refractivity contribution in [2.45, 2.75) is 6.61 Å². The minimum Gasteiger partial charge on any atom is -0.507 e. The Morgan fingerprint density at radius 2 is 1.90 bits per heavy atom. The van der Waals surface area contributed by atoms with E-state index in [2.05, 4.69) is 5.32 Å². The summed E-state index contributed by atoms with van der Waals surface area (Å²) in [6.07, 6.45) is 0. The number of hydrogen-bond donors (Lipinski definition) is 3. The zero-order valence-electron chi connectivity index (χ0n) is 11.0. The second kappa shape index (κ2) is 6.08. The predicted octanol–water partition coefficient (Wildman–Crippen LogP) is 2.15. The van der Waals surface area contributed by atoms with Gasteiger partial charge in [-0.25, -0.2) is 0 Å². The van der Waals surface area contributed by atoms with Crippen molar-refractivity contribution in [1.82, 2.24) is 0 Å². The molecule has 0 radical (unpaired) electrons. The molecule has 5 heteroatoms. The van der Waals surface area contributed by atoms with Crippen molar-refractivity contribution >= 4 is 11.6 Å². The molecular weight excluding hydrogens is 258 g/mol. The molecule has 0 aliphatic carbocycles. The molecular formula is C15H15NO4. The Kier molecular flexibility index (Phi) is 4.22. The minimum atomic E-state index is -0.415. The molecule has 0 unspecified atom stereocenters. The van der Waals surface area contributed by atoms with Crippen LogP contribution >= 0.6 is 0 Å². The summed E-state index contributed by atoms with van der Waals surface area (Å²) in [6, 6.07) is 11.3. The highest BCUT2D eigenvalue weighted by Crippen LogP contribution is 2.24. The summed E-state index contributed by atoms with van der Waals surface area (Å²) in [6.45, 7) is -0.0481. The number of phenols is 1. The zero-order chi connectivity index (χ0) is 14.5. The van der Waals surface area contributed by atoms with Crippen molar-refractivity contribution in [3.05, 3.63) is 53.6 Å². The molecule has 0 fully saturated rings. The number of carbonyl (C=O) groups is 1. The number of rotatable bonds is 4. The lowest BCUT2D eigenvalue weighted by Gasteiger charge is -2.08. The Hall–Kier alpha value is -2.53. The van der Waals surface area contributed by atoms with Crippen LogP contribution in [-0.4, -0.2) is 23.2 Å². The van der Waals surface area contributed by atoms with Crippen LogP contribution in [0.3, 0.4) is 0 Å². The van der Waals surface area contributed by atoms with Crippen LogP contribution in [0.15, 0.2) is 42.5 Å². The summed E-state index contributed by atoms with van der Waals surface area (Å²) >= 11 is 0. The molecule has 2 rings (SSSR count). The summed E-state index contributed by atoms with van der Waals surface area (Å²) in [5.41, 5.74) is 1.51. The number of hydrogen-bond acceptors (Lipinski definition) is 4.